The van der Waals surface area contributed by atoms with Gasteiger partial charge in [0.1, 0.15) is 5.70 Å². The van der Waals surface area contributed by atoms with E-state index in [2.05, 4.69) is 10.6 Å². The van der Waals surface area contributed by atoms with Crippen LogP contribution in [0.3, 0.4) is 0 Å². The normalized spacial score (nSPS) is 11.0. The van der Waals surface area contributed by atoms with Crippen LogP contribution < -0.4 is 10.6 Å². The zero-order valence-corrected chi connectivity index (χ0v) is 13.6. The third-order valence-corrected chi connectivity index (χ3v) is 3.83. The van der Waals surface area contributed by atoms with Gasteiger partial charge >= 0.3 is 0 Å². The molecule has 0 unspecified atom stereocenters. The van der Waals surface area contributed by atoms with Crippen LogP contribution in [0, 0.1) is 10.1 Å². The van der Waals surface area contributed by atoms with Gasteiger partial charge in [0.25, 0.3) is 11.6 Å². The van der Waals surface area contributed by atoms with Crippen LogP contribution >= 0.6 is 11.3 Å². The van der Waals surface area contributed by atoms with Gasteiger partial charge < -0.3 is 10.6 Å². The summed E-state index contributed by atoms with van der Waals surface area (Å²) < 4.78 is 0. The number of hydrogen-bond acceptors (Lipinski definition) is 5. The number of nitro groups is 1. The van der Waals surface area contributed by atoms with E-state index in [0.717, 1.165) is 4.88 Å². The van der Waals surface area contributed by atoms with Crippen molar-refractivity contribution in [2.45, 2.75) is 13.5 Å². The first kappa shape index (κ1) is 17.4. The van der Waals surface area contributed by atoms with Crippen LogP contribution in [0.25, 0.3) is 6.08 Å². The molecule has 8 heteroatoms. The Labute approximate surface area is 142 Å². The molecule has 2 aromatic rings. The Morgan fingerprint density at radius 2 is 2.08 bits per heavy atom. The highest BCUT2D eigenvalue weighted by Gasteiger charge is 2.12. The molecule has 0 aliphatic rings. The molecule has 0 radical (unpaired) electrons. The Morgan fingerprint density at radius 1 is 1.29 bits per heavy atom. The van der Waals surface area contributed by atoms with Crippen molar-refractivity contribution in [3.8, 4) is 0 Å². The molecular weight excluding hydrogens is 330 g/mol. The summed E-state index contributed by atoms with van der Waals surface area (Å²) in [6, 6.07) is 9.56. The van der Waals surface area contributed by atoms with Gasteiger partial charge in [-0.05, 0) is 23.1 Å². The maximum atomic E-state index is 12.3. The van der Waals surface area contributed by atoms with Crippen LogP contribution in [-0.4, -0.2) is 16.7 Å². The Hall–Kier alpha value is -3.00. The SMILES string of the molecule is CC(=O)NC(=Cc1cccc([N+](=O)[O-])c1)C(=O)NCc1cccs1. The van der Waals surface area contributed by atoms with Crippen molar-refractivity contribution in [2.75, 3.05) is 0 Å². The number of nitro benzene ring substituents is 1. The maximum absolute atomic E-state index is 12.3. The van der Waals surface area contributed by atoms with Crippen molar-refractivity contribution in [3.63, 3.8) is 0 Å². The largest absolute Gasteiger partial charge is 0.346 e. The number of nitrogens with zero attached hydrogens (tertiary/aromatic N) is 1. The molecule has 0 atom stereocenters. The zero-order chi connectivity index (χ0) is 17.5. The van der Waals surface area contributed by atoms with Gasteiger partial charge in [-0.25, -0.2) is 0 Å². The minimum Gasteiger partial charge on any atom is -0.346 e. The molecular formula is C16H15N3O4S. The number of thiophene rings is 1. The number of hydrogen-bond donors (Lipinski definition) is 2. The quantitative estimate of drug-likeness (QED) is 0.477. The summed E-state index contributed by atoms with van der Waals surface area (Å²) in [7, 11) is 0. The van der Waals surface area contributed by atoms with Gasteiger partial charge in [-0.15, -0.1) is 11.3 Å². The van der Waals surface area contributed by atoms with Gasteiger partial charge in [-0.1, -0.05) is 18.2 Å². The highest BCUT2D eigenvalue weighted by atomic mass is 32.1. The van der Waals surface area contributed by atoms with E-state index in [-0.39, 0.29) is 11.4 Å². The molecule has 0 saturated heterocycles. The van der Waals surface area contributed by atoms with Crippen molar-refractivity contribution in [3.05, 3.63) is 68.0 Å². The number of non-ortho nitro benzene ring substituents is 1. The van der Waals surface area contributed by atoms with Gasteiger partial charge in [0.15, 0.2) is 0 Å². The zero-order valence-electron chi connectivity index (χ0n) is 12.8. The van der Waals surface area contributed by atoms with Gasteiger partial charge in [0.2, 0.25) is 5.91 Å². The van der Waals surface area contributed by atoms with Crippen LogP contribution in [0.1, 0.15) is 17.4 Å². The molecule has 0 aliphatic heterocycles. The molecule has 0 aliphatic carbocycles. The Bertz CT molecular complexity index is 784. The number of carbonyl (C=O) groups is 2. The molecule has 2 N–H and O–H groups in total. The highest BCUT2D eigenvalue weighted by molar-refractivity contribution is 7.09. The van der Waals surface area contributed by atoms with Gasteiger partial charge in [-0.3, -0.25) is 19.7 Å². The van der Waals surface area contributed by atoms with E-state index in [1.165, 1.54) is 42.5 Å². The predicted octanol–water partition coefficient (Wildman–Crippen LogP) is 2.45. The molecule has 7 nitrogen and oxygen atoms in total. The van der Waals surface area contributed by atoms with Crippen LogP contribution in [0.15, 0.2) is 47.5 Å². The summed E-state index contributed by atoms with van der Waals surface area (Å²) in [6.07, 6.45) is 1.40. The maximum Gasteiger partial charge on any atom is 0.270 e. The van der Waals surface area contributed by atoms with E-state index < -0.39 is 16.7 Å². The minimum atomic E-state index is -0.522. The smallest absolute Gasteiger partial charge is 0.270 e. The number of amides is 2. The first-order valence-electron chi connectivity index (χ1n) is 7.00. The number of carbonyl (C=O) groups excluding carboxylic acids is 2. The third-order valence-electron chi connectivity index (χ3n) is 2.95. The second-order valence-corrected chi connectivity index (χ2v) is 5.89. The molecule has 2 amide bonds. The molecule has 2 rings (SSSR count). The summed E-state index contributed by atoms with van der Waals surface area (Å²) in [5.41, 5.74) is 0.378. The summed E-state index contributed by atoms with van der Waals surface area (Å²) in [5.74, 6) is -0.872. The molecule has 0 spiro atoms. The van der Waals surface area contributed by atoms with E-state index in [1.54, 1.807) is 6.07 Å². The van der Waals surface area contributed by atoms with Gasteiger partial charge in [0, 0.05) is 23.9 Å². The fourth-order valence-electron chi connectivity index (χ4n) is 1.92. The monoisotopic (exact) mass is 345 g/mol. The summed E-state index contributed by atoms with van der Waals surface area (Å²) in [4.78, 5) is 34.9. The van der Waals surface area contributed by atoms with E-state index in [4.69, 9.17) is 0 Å². The molecule has 0 bridgehead atoms. The number of benzene rings is 1. The van der Waals surface area contributed by atoms with Crippen molar-refractivity contribution in [1.29, 1.82) is 0 Å². The molecule has 1 aromatic carbocycles. The third kappa shape index (κ3) is 5.03. The average Bonchev–Trinajstić information content (AvgIpc) is 3.05. The van der Waals surface area contributed by atoms with E-state index >= 15 is 0 Å². The first-order valence-corrected chi connectivity index (χ1v) is 7.88. The summed E-state index contributed by atoms with van der Waals surface area (Å²) >= 11 is 1.50. The van der Waals surface area contributed by atoms with E-state index in [9.17, 15) is 19.7 Å². The van der Waals surface area contributed by atoms with Crippen molar-refractivity contribution >= 4 is 34.9 Å². The van der Waals surface area contributed by atoms with Gasteiger partial charge in [0.05, 0.1) is 11.5 Å². The summed E-state index contributed by atoms with van der Waals surface area (Å²) in [5, 5.41) is 17.9. The van der Waals surface area contributed by atoms with Crippen LogP contribution in [0.4, 0.5) is 5.69 Å². The number of nitrogens with one attached hydrogen (secondary N) is 2. The fraction of sp³-hybridized carbons (Fsp3) is 0.125. The number of rotatable bonds is 6. The lowest BCUT2D eigenvalue weighted by atomic mass is 10.1. The van der Waals surface area contributed by atoms with Crippen molar-refractivity contribution < 1.29 is 14.5 Å². The predicted molar refractivity (Wildman–Crippen MR) is 91.1 cm³/mol. The van der Waals surface area contributed by atoms with Crippen molar-refractivity contribution in [1.82, 2.24) is 10.6 Å². The van der Waals surface area contributed by atoms with E-state index in [1.807, 2.05) is 17.5 Å². The molecule has 0 fully saturated rings. The second-order valence-electron chi connectivity index (χ2n) is 4.85. The fourth-order valence-corrected chi connectivity index (χ4v) is 2.56. The topological polar surface area (TPSA) is 101 Å². The Balaban J connectivity index is 2.20. The molecule has 1 aromatic heterocycles. The lowest BCUT2D eigenvalue weighted by Gasteiger charge is -2.09. The van der Waals surface area contributed by atoms with Crippen LogP contribution in [-0.2, 0) is 16.1 Å². The molecule has 1 heterocycles. The average molecular weight is 345 g/mol. The van der Waals surface area contributed by atoms with Crippen molar-refractivity contribution in [2.24, 2.45) is 0 Å². The summed E-state index contributed by atoms with van der Waals surface area (Å²) in [6.45, 7) is 1.62. The van der Waals surface area contributed by atoms with Gasteiger partial charge in [-0.2, -0.15) is 0 Å². The highest BCUT2D eigenvalue weighted by Crippen LogP contribution is 2.15. The van der Waals surface area contributed by atoms with Crippen LogP contribution in [0.2, 0.25) is 0 Å². The standard InChI is InChI=1S/C16H15N3O4S/c1-11(20)18-15(16(21)17-10-14-6-3-7-24-14)9-12-4-2-5-13(8-12)19(22)23/h2-9H,10H2,1H3,(H,17,21)(H,18,20). The van der Waals surface area contributed by atoms with E-state index in [0.29, 0.717) is 12.1 Å². The Kier molecular flexibility index (Phi) is 5.80. The molecule has 124 valence electrons. The lowest BCUT2D eigenvalue weighted by Crippen LogP contribution is -2.33. The first-order chi connectivity index (χ1) is 11.5. The van der Waals surface area contributed by atoms with Crippen LogP contribution in [0.5, 0.6) is 0 Å². The molecule has 24 heavy (non-hydrogen) atoms. The Morgan fingerprint density at radius 3 is 2.71 bits per heavy atom. The molecule has 0 saturated carbocycles. The minimum absolute atomic E-state index is 0.0274. The second kappa shape index (κ2) is 8.02. The lowest BCUT2D eigenvalue weighted by molar-refractivity contribution is -0.384.